The average molecular weight is 467 g/mol. The van der Waals surface area contributed by atoms with Crippen molar-refractivity contribution < 1.29 is 9.13 Å². The van der Waals surface area contributed by atoms with Crippen LogP contribution in [0.5, 0.6) is 5.75 Å². The van der Waals surface area contributed by atoms with E-state index in [0.717, 1.165) is 21.3 Å². The lowest BCUT2D eigenvalue weighted by Gasteiger charge is -2.13. The van der Waals surface area contributed by atoms with Crippen LogP contribution in [-0.2, 0) is 0 Å². The van der Waals surface area contributed by atoms with Crippen LogP contribution in [0.4, 0.5) is 4.39 Å². The molecule has 0 saturated carbocycles. The zero-order chi connectivity index (χ0) is 14.7. The molecular weight excluding hydrogens is 455 g/mol. The van der Waals surface area contributed by atoms with Gasteiger partial charge in [-0.3, -0.25) is 0 Å². The fourth-order valence-corrected chi connectivity index (χ4v) is 3.14. The highest BCUT2D eigenvalue weighted by Gasteiger charge is 2.14. The summed E-state index contributed by atoms with van der Waals surface area (Å²) in [7, 11) is 0. The summed E-state index contributed by atoms with van der Waals surface area (Å²) in [6.45, 7) is 2.56. The van der Waals surface area contributed by atoms with E-state index in [1.54, 1.807) is 6.07 Å². The van der Waals surface area contributed by atoms with Crippen LogP contribution in [0.15, 0.2) is 45.3 Å². The van der Waals surface area contributed by atoms with Crippen molar-refractivity contribution in [3.63, 3.8) is 0 Å². The molecule has 1 atom stereocenters. The molecule has 0 aliphatic heterocycles. The van der Waals surface area contributed by atoms with Gasteiger partial charge in [-0.15, -0.1) is 0 Å². The maximum atomic E-state index is 13.6. The van der Waals surface area contributed by atoms with Crippen molar-refractivity contribution in [2.24, 2.45) is 0 Å². The molecule has 0 radical (unpaired) electrons. The molecular formula is C15H12Br3FO. The molecule has 5 heteroatoms. The maximum Gasteiger partial charge on any atom is 0.137 e. The SMILES string of the molecule is CCOc1ccc(C(Br)c2ccc(Br)c(F)c2)cc1Br. The number of rotatable bonds is 4. The normalized spacial score (nSPS) is 12.2. The number of alkyl halides is 1. The van der Waals surface area contributed by atoms with Crippen LogP contribution < -0.4 is 4.74 Å². The highest BCUT2D eigenvalue weighted by molar-refractivity contribution is 9.11. The summed E-state index contributed by atoms with van der Waals surface area (Å²) in [6.07, 6.45) is 0. The fourth-order valence-electron chi connectivity index (χ4n) is 1.81. The molecule has 1 nitrogen and oxygen atoms in total. The van der Waals surface area contributed by atoms with Gasteiger partial charge in [0.1, 0.15) is 11.6 Å². The molecule has 0 saturated heterocycles. The molecule has 106 valence electrons. The first-order chi connectivity index (χ1) is 9.52. The van der Waals surface area contributed by atoms with Crippen molar-refractivity contribution in [3.05, 3.63) is 62.3 Å². The van der Waals surface area contributed by atoms with Gasteiger partial charge in [-0.1, -0.05) is 28.1 Å². The van der Waals surface area contributed by atoms with E-state index < -0.39 is 0 Å². The van der Waals surface area contributed by atoms with Gasteiger partial charge in [0.25, 0.3) is 0 Å². The number of hydrogen-bond donors (Lipinski definition) is 0. The third kappa shape index (κ3) is 3.62. The second-order valence-electron chi connectivity index (χ2n) is 4.16. The van der Waals surface area contributed by atoms with Gasteiger partial charge in [-0.25, -0.2) is 4.39 Å². The van der Waals surface area contributed by atoms with Crippen LogP contribution in [0, 0.1) is 5.82 Å². The molecule has 20 heavy (non-hydrogen) atoms. The number of halogens is 4. The third-order valence-corrected chi connectivity index (χ3v) is 5.10. The number of benzene rings is 2. The summed E-state index contributed by atoms with van der Waals surface area (Å²) in [5.74, 6) is 0.537. The Balaban J connectivity index is 2.30. The highest BCUT2D eigenvalue weighted by atomic mass is 79.9. The van der Waals surface area contributed by atoms with Crippen LogP contribution in [0.3, 0.4) is 0 Å². The molecule has 0 fully saturated rings. The molecule has 1 unspecified atom stereocenters. The van der Waals surface area contributed by atoms with E-state index in [1.165, 1.54) is 6.07 Å². The van der Waals surface area contributed by atoms with Crippen LogP contribution in [0.25, 0.3) is 0 Å². The minimum absolute atomic E-state index is 0.0722. The number of hydrogen-bond acceptors (Lipinski definition) is 1. The Bertz CT molecular complexity index is 616. The van der Waals surface area contributed by atoms with Crippen molar-refractivity contribution in [1.82, 2.24) is 0 Å². The van der Waals surface area contributed by atoms with Crippen molar-refractivity contribution in [2.45, 2.75) is 11.8 Å². The molecule has 0 N–H and O–H groups in total. The first kappa shape index (κ1) is 16.0. The van der Waals surface area contributed by atoms with Gasteiger partial charge in [0.2, 0.25) is 0 Å². The summed E-state index contributed by atoms with van der Waals surface area (Å²) in [4.78, 5) is -0.0722. The van der Waals surface area contributed by atoms with Crippen molar-refractivity contribution >= 4 is 47.8 Å². The Morgan fingerprint density at radius 1 is 1.05 bits per heavy atom. The Hall–Kier alpha value is -0.390. The summed E-state index contributed by atoms with van der Waals surface area (Å²) in [5.41, 5.74) is 1.89. The minimum atomic E-state index is -0.267. The summed E-state index contributed by atoms with van der Waals surface area (Å²) < 4.78 is 20.4. The Morgan fingerprint density at radius 3 is 2.30 bits per heavy atom. The third-order valence-electron chi connectivity index (χ3n) is 2.78. The van der Waals surface area contributed by atoms with Gasteiger partial charge in [-0.2, -0.15) is 0 Å². The summed E-state index contributed by atoms with van der Waals surface area (Å²) in [6, 6.07) is 11.0. The van der Waals surface area contributed by atoms with E-state index in [1.807, 2.05) is 31.2 Å². The Kier molecular flexibility index (Phi) is 5.64. The van der Waals surface area contributed by atoms with E-state index in [9.17, 15) is 4.39 Å². The van der Waals surface area contributed by atoms with Crippen LogP contribution in [0.1, 0.15) is 22.9 Å². The maximum absolute atomic E-state index is 13.6. The summed E-state index contributed by atoms with van der Waals surface area (Å²) in [5, 5.41) is 0. The molecule has 0 heterocycles. The van der Waals surface area contributed by atoms with E-state index in [-0.39, 0.29) is 10.6 Å². The second kappa shape index (κ2) is 7.05. The molecule has 2 aromatic rings. The van der Waals surface area contributed by atoms with Crippen molar-refractivity contribution in [2.75, 3.05) is 6.61 Å². The standard InChI is InChI=1S/C15H12Br3FO/c1-2-20-14-6-4-9(7-12(14)17)15(18)10-3-5-11(16)13(19)8-10/h3-8,15H,2H2,1H3. The topological polar surface area (TPSA) is 9.23 Å². The van der Waals surface area contributed by atoms with E-state index in [0.29, 0.717) is 11.1 Å². The Labute approximate surface area is 142 Å². The van der Waals surface area contributed by atoms with E-state index in [4.69, 9.17) is 4.74 Å². The lowest BCUT2D eigenvalue weighted by molar-refractivity contribution is 0.338. The van der Waals surface area contributed by atoms with E-state index in [2.05, 4.69) is 47.8 Å². The highest BCUT2D eigenvalue weighted by Crippen LogP contribution is 2.36. The molecule has 0 spiro atoms. The monoisotopic (exact) mass is 464 g/mol. The first-order valence-electron chi connectivity index (χ1n) is 6.04. The van der Waals surface area contributed by atoms with Crippen molar-refractivity contribution in [3.8, 4) is 5.75 Å². The van der Waals surface area contributed by atoms with Crippen molar-refractivity contribution in [1.29, 1.82) is 0 Å². The van der Waals surface area contributed by atoms with Crippen LogP contribution >= 0.6 is 47.8 Å². The quantitative estimate of drug-likeness (QED) is 0.485. The average Bonchev–Trinajstić information content (AvgIpc) is 2.43. The fraction of sp³-hybridized carbons (Fsp3) is 0.200. The van der Waals surface area contributed by atoms with Crippen LogP contribution in [-0.4, -0.2) is 6.61 Å². The smallest absolute Gasteiger partial charge is 0.137 e. The lowest BCUT2D eigenvalue weighted by Crippen LogP contribution is -1.97. The predicted molar refractivity (Wildman–Crippen MR) is 90.2 cm³/mol. The minimum Gasteiger partial charge on any atom is -0.493 e. The largest absolute Gasteiger partial charge is 0.493 e. The van der Waals surface area contributed by atoms with Gasteiger partial charge in [-0.05, 0) is 74.2 Å². The van der Waals surface area contributed by atoms with Gasteiger partial charge in [0.15, 0.2) is 0 Å². The molecule has 0 aliphatic carbocycles. The molecule has 0 bridgehead atoms. The zero-order valence-electron chi connectivity index (χ0n) is 10.7. The van der Waals surface area contributed by atoms with Gasteiger partial charge >= 0.3 is 0 Å². The summed E-state index contributed by atoms with van der Waals surface area (Å²) >= 11 is 10.3. The van der Waals surface area contributed by atoms with E-state index >= 15 is 0 Å². The van der Waals surface area contributed by atoms with Gasteiger partial charge in [0.05, 0.1) is 20.4 Å². The van der Waals surface area contributed by atoms with Gasteiger partial charge < -0.3 is 4.74 Å². The molecule has 0 aromatic heterocycles. The predicted octanol–water partition coefficient (Wildman–Crippen LogP) is 6.23. The molecule has 2 rings (SSSR count). The number of ether oxygens (including phenoxy) is 1. The zero-order valence-corrected chi connectivity index (χ0v) is 15.4. The Morgan fingerprint density at radius 2 is 1.70 bits per heavy atom. The van der Waals surface area contributed by atoms with Crippen LogP contribution in [0.2, 0.25) is 0 Å². The molecule has 0 amide bonds. The molecule has 0 aliphatic rings. The lowest BCUT2D eigenvalue weighted by atomic mass is 10.0. The second-order valence-corrected chi connectivity index (χ2v) is 6.78. The first-order valence-corrected chi connectivity index (χ1v) is 8.54. The molecule has 2 aromatic carbocycles. The van der Waals surface area contributed by atoms with Gasteiger partial charge in [0, 0.05) is 0 Å².